The number of carbonyl (C=O) groups excluding carboxylic acids is 2. The van der Waals surface area contributed by atoms with Crippen LogP contribution >= 0.6 is 11.8 Å². The van der Waals surface area contributed by atoms with Crippen molar-refractivity contribution >= 4 is 34.3 Å². The molecule has 2 aromatic rings. The van der Waals surface area contributed by atoms with Gasteiger partial charge in [0.2, 0.25) is 0 Å². The molecule has 1 atom stereocenters. The topological polar surface area (TPSA) is 49.4 Å². The molecule has 1 heterocycles. The molecule has 23 heavy (non-hydrogen) atoms. The zero-order valence-corrected chi connectivity index (χ0v) is 14.1. The normalized spacial score (nSPS) is 17.7. The summed E-state index contributed by atoms with van der Waals surface area (Å²) in [6.07, 6.45) is 0. The van der Waals surface area contributed by atoms with E-state index >= 15 is 0 Å². The molecule has 0 bridgehead atoms. The Bertz CT molecular complexity index is 788. The van der Waals surface area contributed by atoms with Crippen molar-refractivity contribution in [2.75, 3.05) is 10.2 Å². The van der Waals surface area contributed by atoms with Crippen LogP contribution in [0, 0.1) is 20.8 Å². The number of nitrogens with one attached hydrogen (secondary N) is 1. The largest absolute Gasteiger partial charge is 0.365 e. The zero-order valence-electron chi connectivity index (χ0n) is 13.3. The molecule has 0 unspecified atom stereocenters. The lowest BCUT2D eigenvalue weighted by Gasteiger charge is -2.16. The third kappa shape index (κ3) is 3.10. The summed E-state index contributed by atoms with van der Waals surface area (Å²) in [6.45, 7) is 5.91. The van der Waals surface area contributed by atoms with Gasteiger partial charge in [0.1, 0.15) is 0 Å². The maximum absolute atomic E-state index is 12.7. The average molecular weight is 326 g/mol. The maximum atomic E-state index is 12.7. The second-order valence-corrected chi connectivity index (χ2v) is 6.80. The van der Waals surface area contributed by atoms with Gasteiger partial charge >= 0.3 is 0 Å². The average Bonchev–Trinajstić information content (AvgIpc) is 2.77. The van der Waals surface area contributed by atoms with Crippen molar-refractivity contribution in [1.29, 1.82) is 0 Å². The van der Waals surface area contributed by atoms with Gasteiger partial charge in [0.05, 0.1) is 5.69 Å². The van der Waals surface area contributed by atoms with Gasteiger partial charge in [-0.05, 0) is 67.4 Å². The number of hydrogen-bond acceptors (Lipinski definition) is 4. The summed E-state index contributed by atoms with van der Waals surface area (Å²) in [5.74, 6) is -0.230. The van der Waals surface area contributed by atoms with Crippen molar-refractivity contribution in [2.45, 2.75) is 26.1 Å². The van der Waals surface area contributed by atoms with Crippen molar-refractivity contribution < 1.29 is 9.59 Å². The molecule has 0 aliphatic carbocycles. The van der Waals surface area contributed by atoms with Crippen LogP contribution in [0.3, 0.4) is 0 Å². The van der Waals surface area contributed by atoms with Crippen molar-refractivity contribution in [1.82, 2.24) is 0 Å². The third-order valence-electron chi connectivity index (χ3n) is 3.79. The first kappa shape index (κ1) is 15.6. The van der Waals surface area contributed by atoms with Gasteiger partial charge in [-0.2, -0.15) is 0 Å². The third-order valence-corrected chi connectivity index (χ3v) is 4.72. The van der Waals surface area contributed by atoms with E-state index in [4.69, 9.17) is 0 Å². The van der Waals surface area contributed by atoms with Crippen LogP contribution < -0.4 is 10.2 Å². The van der Waals surface area contributed by atoms with Crippen LogP contribution in [0.15, 0.2) is 42.5 Å². The highest BCUT2D eigenvalue weighted by Gasteiger charge is 2.40. The first-order chi connectivity index (χ1) is 11.0. The monoisotopic (exact) mass is 326 g/mol. The van der Waals surface area contributed by atoms with Crippen molar-refractivity contribution in [2.24, 2.45) is 0 Å². The Morgan fingerprint density at radius 2 is 1.74 bits per heavy atom. The van der Waals surface area contributed by atoms with E-state index < -0.39 is 5.37 Å². The minimum Gasteiger partial charge on any atom is -0.365 e. The molecule has 0 saturated carbocycles. The number of nitrogens with zero attached hydrogens (tertiary/aromatic N) is 1. The van der Waals surface area contributed by atoms with E-state index in [-0.39, 0.29) is 11.1 Å². The van der Waals surface area contributed by atoms with Gasteiger partial charge in [-0.3, -0.25) is 9.59 Å². The Balaban J connectivity index is 1.85. The Hall–Kier alpha value is -2.27. The lowest BCUT2D eigenvalue weighted by molar-refractivity contribution is -0.116. The molecular weight excluding hydrogens is 308 g/mol. The molecule has 1 N–H and O–H groups in total. The highest BCUT2D eigenvalue weighted by molar-refractivity contribution is 8.16. The van der Waals surface area contributed by atoms with E-state index in [1.807, 2.05) is 57.2 Å². The van der Waals surface area contributed by atoms with Crippen LogP contribution in [0.1, 0.15) is 16.7 Å². The minimum atomic E-state index is -0.594. The second-order valence-electron chi connectivity index (χ2n) is 5.74. The number of amides is 2. The number of anilines is 2. The molecule has 3 rings (SSSR count). The summed E-state index contributed by atoms with van der Waals surface area (Å²) in [7, 11) is 0. The smallest absolute Gasteiger partial charge is 0.295 e. The molecule has 0 spiro atoms. The fourth-order valence-corrected chi connectivity index (χ4v) is 3.43. The standard InChI is InChI=1S/C18H18N2O2S/c1-11-5-4-6-14(9-11)20-17(21)16(23-18(20)22)19-15-10-12(2)7-8-13(15)3/h4-10,16,19H,1-3H3/t16-/m0/s1. The summed E-state index contributed by atoms with van der Waals surface area (Å²) in [5, 5.41) is 2.35. The fourth-order valence-electron chi connectivity index (χ4n) is 2.53. The van der Waals surface area contributed by atoms with Crippen LogP contribution in [0.4, 0.5) is 16.2 Å². The molecule has 1 aliphatic heterocycles. The Kier molecular flexibility index (Phi) is 4.13. The van der Waals surface area contributed by atoms with Gasteiger partial charge < -0.3 is 5.32 Å². The predicted octanol–water partition coefficient (Wildman–Crippen LogP) is 4.25. The van der Waals surface area contributed by atoms with Crippen molar-refractivity contribution in [3.05, 3.63) is 59.2 Å². The molecule has 2 aromatic carbocycles. The fraction of sp³-hybridized carbons (Fsp3) is 0.222. The molecule has 0 radical (unpaired) electrons. The van der Waals surface area contributed by atoms with E-state index in [1.165, 1.54) is 4.90 Å². The Morgan fingerprint density at radius 3 is 2.48 bits per heavy atom. The minimum absolute atomic E-state index is 0.230. The maximum Gasteiger partial charge on any atom is 0.295 e. The number of imide groups is 1. The first-order valence-corrected chi connectivity index (χ1v) is 8.29. The van der Waals surface area contributed by atoms with Crippen LogP contribution in [-0.2, 0) is 4.79 Å². The van der Waals surface area contributed by atoms with Crippen LogP contribution in [-0.4, -0.2) is 16.5 Å². The summed E-state index contributed by atoms with van der Waals surface area (Å²) in [6, 6.07) is 13.4. The molecule has 2 amide bonds. The van der Waals surface area contributed by atoms with Gasteiger partial charge in [0, 0.05) is 5.69 Å². The first-order valence-electron chi connectivity index (χ1n) is 7.41. The van der Waals surface area contributed by atoms with E-state index in [0.717, 1.165) is 34.1 Å². The van der Waals surface area contributed by atoms with E-state index in [2.05, 4.69) is 5.32 Å². The number of aryl methyl sites for hydroxylation is 3. The Labute approximate surface area is 139 Å². The second kappa shape index (κ2) is 6.08. The lowest BCUT2D eigenvalue weighted by atomic mass is 10.1. The molecule has 0 aromatic heterocycles. The van der Waals surface area contributed by atoms with Gasteiger partial charge in [-0.1, -0.05) is 24.3 Å². The van der Waals surface area contributed by atoms with E-state index in [1.54, 1.807) is 6.07 Å². The number of thioether (sulfide) groups is 1. The number of hydrogen-bond donors (Lipinski definition) is 1. The molecular formula is C18H18N2O2S. The highest BCUT2D eigenvalue weighted by Crippen LogP contribution is 2.33. The molecule has 5 heteroatoms. The van der Waals surface area contributed by atoms with Crippen LogP contribution in [0.5, 0.6) is 0 Å². The van der Waals surface area contributed by atoms with Crippen molar-refractivity contribution in [3.63, 3.8) is 0 Å². The van der Waals surface area contributed by atoms with E-state index in [9.17, 15) is 9.59 Å². The number of benzene rings is 2. The van der Waals surface area contributed by atoms with Gasteiger partial charge in [-0.25, -0.2) is 4.90 Å². The molecule has 1 aliphatic rings. The van der Waals surface area contributed by atoms with Gasteiger partial charge in [0.15, 0.2) is 5.37 Å². The zero-order chi connectivity index (χ0) is 16.6. The lowest BCUT2D eigenvalue weighted by Crippen LogP contribution is -2.34. The molecule has 1 fully saturated rings. The number of rotatable bonds is 3. The summed E-state index contributed by atoms with van der Waals surface area (Å²) in [4.78, 5) is 26.2. The summed E-state index contributed by atoms with van der Waals surface area (Å²) >= 11 is 1.02. The summed E-state index contributed by atoms with van der Waals surface area (Å²) in [5.41, 5.74) is 4.67. The Morgan fingerprint density at radius 1 is 1.00 bits per heavy atom. The van der Waals surface area contributed by atoms with Crippen LogP contribution in [0.25, 0.3) is 0 Å². The highest BCUT2D eigenvalue weighted by atomic mass is 32.2. The van der Waals surface area contributed by atoms with E-state index in [0.29, 0.717) is 5.69 Å². The van der Waals surface area contributed by atoms with Crippen LogP contribution in [0.2, 0.25) is 0 Å². The molecule has 4 nitrogen and oxygen atoms in total. The molecule has 1 saturated heterocycles. The summed E-state index contributed by atoms with van der Waals surface area (Å²) < 4.78 is 0. The number of carbonyl (C=O) groups is 2. The molecule has 118 valence electrons. The van der Waals surface area contributed by atoms with Gasteiger partial charge in [0.25, 0.3) is 11.1 Å². The predicted molar refractivity (Wildman–Crippen MR) is 95.0 cm³/mol. The quantitative estimate of drug-likeness (QED) is 0.916. The SMILES string of the molecule is Cc1cccc(N2C(=O)S[C@H](Nc3cc(C)ccc3C)C2=O)c1. The van der Waals surface area contributed by atoms with Gasteiger partial charge in [-0.15, -0.1) is 0 Å². The van der Waals surface area contributed by atoms with Crippen molar-refractivity contribution in [3.8, 4) is 0 Å².